The zero-order valence-electron chi connectivity index (χ0n) is 10.4. The van der Waals surface area contributed by atoms with E-state index in [9.17, 15) is 4.39 Å². The van der Waals surface area contributed by atoms with E-state index in [0.29, 0.717) is 16.4 Å². The lowest BCUT2D eigenvalue weighted by atomic mass is 10.2. The van der Waals surface area contributed by atoms with E-state index in [4.69, 9.17) is 12.2 Å². The second-order valence-corrected chi connectivity index (χ2v) is 4.44. The number of para-hydroxylation sites is 1. The van der Waals surface area contributed by atoms with Crippen LogP contribution in [0.15, 0.2) is 48.5 Å². The predicted octanol–water partition coefficient (Wildman–Crippen LogP) is 3.45. The van der Waals surface area contributed by atoms with E-state index in [-0.39, 0.29) is 5.82 Å². The number of halogens is 1. The standard InChI is InChI=1S/C14H14FN3S/c1-10-7-8-12(9-13(10)15)16-14(19)18-17-11-5-3-2-4-6-11/h2-9,17H,1H3,(H2,16,18,19). The molecule has 19 heavy (non-hydrogen) atoms. The second kappa shape index (κ2) is 6.15. The predicted molar refractivity (Wildman–Crippen MR) is 80.6 cm³/mol. The summed E-state index contributed by atoms with van der Waals surface area (Å²) in [5.74, 6) is -0.260. The van der Waals surface area contributed by atoms with Gasteiger partial charge < -0.3 is 5.32 Å². The van der Waals surface area contributed by atoms with E-state index >= 15 is 0 Å². The fourth-order valence-electron chi connectivity index (χ4n) is 1.48. The summed E-state index contributed by atoms with van der Waals surface area (Å²) >= 11 is 5.10. The van der Waals surface area contributed by atoms with Gasteiger partial charge in [0.15, 0.2) is 5.11 Å². The molecule has 3 N–H and O–H groups in total. The molecule has 5 heteroatoms. The van der Waals surface area contributed by atoms with Crippen LogP contribution in [0.2, 0.25) is 0 Å². The van der Waals surface area contributed by atoms with Crippen molar-refractivity contribution in [2.24, 2.45) is 0 Å². The van der Waals surface area contributed by atoms with Gasteiger partial charge in [0.05, 0.1) is 5.69 Å². The first-order chi connectivity index (χ1) is 9.15. The minimum Gasteiger partial charge on any atom is -0.331 e. The number of rotatable bonds is 3. The molecular weight excluding hydrogens is 261 g/mol. The maximum Gasteiger partial charge on any atom is 0.189 e. The quantitative estimate of drug-likeness (QED) is 0.592. The average molecular weight is 275 g/mol. The Kier molecular flexibility index (Phi) is 4.30. The summed E-state index contributed by atoms with van der Waals surface area (Å²) in [5.41, 5.74) is 7.87. The van der Waals surface area contributed by atoms with E-state index < -0.39 is 0 Å². The zero-order valence-corrected chi connectivity index (χ0v) is 11.2. The molecule has 2 rings (SSSR count). The van der Waals surface area contributed by atoms with Gasteiger partial charge in [0, 0.05) is 5.69 Å². The molecule has 0 amide bonds. The fraction of sp³-hybridized carbons (Fsp3) is 0.0714. The molecule has 0 aliphatic heterocycles. The number of thiocarbonyl (C=S) groups is 1. The average Bonchev–Trinajstić information content (AvgIpc) is 2.42. The summed E-state index contributed by atoms with van der Waals surface area (Å²) in [6, 6.07) is 14.4. The monoisotopic (exact) mass is 275 g/mol. The van der Waals surface area contributed by atoms with E-state index in [1.165, 1.54) is 6.07 Å². The number of hydrogen-bond acceptors (Lipinski definition) is 2. The van der Waals surface area contributed by atoms with Crippen molar-refractivity contribution in [3.05, 3.63) is 59.9 Å². The van der Waals surface area contributed by atoms with Crippen molar-refractivity contribution in [2.45, 2.75) is 6.92 Å². The third kappa shape index (κ3) is 3.93. The van der Waals surface area contributed by atoms with Gasteiger partial charge in [-0.2, -0.15) is 0 Å². The molecule has 0 saturated carbocycles. The number of nitrogens with one attached hydrogen (secondary N) is 3. The lowest BCUT2D eigenvalue weighted by Crippen LogP contribution is -2.33. The first kappa shape index (κ1) is 13.3. The van der Waals surface area contributed by atoms with Crippen LogP contribution in [0, 0.1) is 12.7 Å². The lowest BCUT2D eigenvalue weighted by Gasteiger charge is -2.12. The van der Waals surface area contributed by atoms with E-state index in [1.807, 2.05) is 30.3 Å². The third-order valence-corrected chi connectivity index (χ3v) is 2.73. The van der Waals surface area contributed by atoms with Crippen LogP contribution < -0.4 is 16.2 Å². The second-order valence-electron chi connectivity index (χ2n) is 4.03. The number of hydrazine groups is 1. The van der Waals surface area contributed by atoms with Crippen molar-refractivity contribution in [3.63, 3.8) is 0 Å². The van der Waals surface area contributed by atoms with Gasteiger partial charge in [-0.3, -0.25) is 10.9 Å². The summed E-state index contributed by atoms with van der Waals surface area (Å²) in [6.45, 7) is 1.71. The smallest absolute Gasteiger partial charge is 0.189 e. The molecule has 0 spiro atoms. The normalized spacial score (nSPS) is 9.79. The van der Waals surface area contributed by atoms with Crippen LogP contribution >= 0.6 is 12.2 Å². The third-order valence-electron chi connectivity index (χ3n) is 2.52. The summed E-state index contributed by atoms with van der Waals surface area (Å²) in [4.78, 5) is 0. The molecule has 0 aromatic heterocycles. The first-order valence-corrected chi connectivity index (χ1v) is 6.20. The summed E-state index contributed by atoms with van der Waals surface area (Å²) in [6.07, 6.45) is 0. The van der Waals surface area contributed by atoms with Crippen molar-refractivity contribution in [1.82, 2.24) is 5.43 Å². The van der Waals surface area contributed by atoms with Gasteiger partial charge >= 0.3 is 0 Å². The summed E-state index contributed by atoms with van der Waals surface area (Å²) < 4.78 is 13.4. The minimum atomic E-state index is -0.260. The van der Waals surface area contributed by atoms with Gasteiger partial charge in [-0.05, 0) is 49.0 Å². The van der Waals surface area contributed by atoms with E-state index in [1.54, 1.807) is 19.1 Å². The Morgan fingerprint density at radius 3 is 2.47 bits per heavy atom. The maximum atomic E-state index is 13.4. The molecule has 0 heterocycles. The minimum absolute atomic E-state index is 0.260. The zero-order chi connectivity index (χ0) is 13.7. The lowest BCUT2D eigenvalue weighted by molar-refractivity contribution is 0.619. The van der Waals surface area contributed by atoms with Gasteiger partial charge in [-0.1, -0.05) is 24.3 Å². The van der Waals surface area contributed by atoms with Gasteiger partial charge in [-0.25, -0.2) is 4.39 Å². The molecule has 2 aromatic rings. The van der Waals surface area contributed by atoms with Crippen LogP contribution in [0.4, 0.5) is 15.8 Å². The van der Waals surface area contributed by atoms with Crippen molar-refractivity contribution in [1.29, 1.82) is 0 Å². The number of benzene rings is 2. The highest BCUT2D eigenvalue weighted by Gasteiger charge is 2.01. The molecule has 3 nitrogen and oxygen atoms in total. The van der Waals surface area contributed by atoms with Crippen molar-refractivity contribution in [2.75, 3.05) is 10.7 Å². The van der Waals surface area contributed by atoms with Crippen LogP contribution in [0.25, 0.3) is 0 Å². The Morgan fingerprint density at radius 1 is 1.05 bits per heavy atom. The van der Waals surface area contributed by atoms with Crippen LogP contribution in [-0.4, -0.2) is 5.11 Å². The van der Waals surface area contributed by atoms with Crippen LogP contribution in [0.5, 0.6) is 0 Å². The molecule has 0 radical (unpaired) electrons. The SMILES string of the molecule is Cc1ccc(NC(=S)NNc2ccccc2)cc1F. The Morgan fingerprint density at radius 2 is 1.79 bits per heavy atom. The molecule has 0 aliphatic rings. The molecule has 0 fully saturated rings. The first-order valence-electron chi connectivity index (χ1n) is 5.79. The molecule has 0 bridgehead atoms. The largest absolute Gasteiger partial charge is 0.331 e. The molecule has 2 aromatic carbocycles. The van der Waals surface area contributed by atoms with Crippen molar-refractivity contribution in [3.8, 4) is 0 Å². The Labute approximate surface area is 116 Å². The van der Waals surface area contributed by atoms with Gasteiger partial charge in [0.2, 0.25) is 0 Å². The maximum absolute atomic E-state index is 13.4. The molecule has 0 atom stereocenters. The molecule has 98 valence electrons. The highest BCUT2D eigenvalue weighted by molar-refractivity contribution is 7.80. The Hall–Kier alpha value is -2.14. The highest BCUT2D eigenvalue weighted by Crippen LogP contribution is 2.13. The van der Waals surface area contributed by atoms with Crippen LogP contribution in [0.3, 0.4) is 0 Å². The molecule has 0 saturated heterocycles. The van der Waals surface area contributed by atoms with Gasteiger partial charge in [0.1, 0.15) is 5.82 Å². The van der Waals surface area contributed by atoms with E-state index in [2.05, 4.69) is 16.2 Å². The van der Waals surface area contributed by atoms with Crippen LogP contribution in [0.1, 0.15) is 5.56 Å². The molecule has 0 unspecified atom stereocenters. The fourth-order valence-corrected chi connectivity index (χ4v) is 1.65. The van der Waals surface area contributed by atoms with Crippen LogP contribution in [-0.2, 0) is 0 Å². The topological polar surface area (TPSA) is 36.1 Å². The number of hydrogen-bond donors (Lipinski definition) is 3. The van der Waals surface area contributed by atoms with Gasteiger partial charge in [-0.15, -0.1) is 0 Å². The summed E-state index contributed by atoms with van der Waals surface area (Å²) in [7, 11) is 0. The van der Waals surface area contributed by atoms with Crippen molar-refractivity contribution >= 4 is 28.7 Å². The Balaban J connectivity index is 1.89. The van der Waals surface area contributed by atoms with E-state index in [0.717, 1.165) is 5.69 Å². The molecular formula is C14H14FN3S. The number of anilines is 2. The Bertz CT molecular complexity index is 572. The van der Waals surface area contributed by atoms with Gasteiger partial charge in [0.25, 0.3) is 0 Å². The highest BCUT2D eigenvalue weighted by atomic mass is 32.1. The molecule has 0 aliphatic carbocycles. The number of aryl methyl sites for hydroxylation is 1. The van der Waals surface area contributed by atoms with Crippen molar-refractivity contribution < 1.29 is 4.39 Å². The summed E-state index contributed by atoms with van der Waals surface area (Å²) in [5, 5.41) is 3.27.